The molecule has 3 aromatic rings. The summed E-state index contributed by atoms with van der Waals surface area (Å²) in [5.74, 6) is -1.94. The van der Waals surface area contributed by atoms with Crippen LogP contribution in [-0.2, 0) is 11.3 Å². The number of carbonyl (C=O) groups is 1. The third kappa shape index (κ3) is 6.20. The van der Waals surface area contributed by atoms with Crippen molar-refractivity contribution in [1.82, 2.24) is 9.80 Å². The average molecular weight is 485 g/mol. The molecule has 0 aromatic heterocycles. The number of nitrogens with zero attached hydrogens (tertiary/aromatic N) is 2. The van der Waals surface area contributed by atoms with Crippen molar-refractivity contribution in [3.05, 3.63) is 106 Å². The van der Waals surface area contributed by atoms with Crippen LogP contribution in [-0.4, -0.2) is 48.4 Å². The zero-order valence-corrected chi connectivity index (χ0v) is 19.8. The molecule has 1 saturated heterocycles. The lowest BCUT2D eigenvalue weighted by atomic mass is 10.1. The smallest absolute Gasteiger partial charge is 0.256 e. The number of amides is 1. The lowest BCUT2D eigenvalue weighted by Gasteiger charge is -2.36. The molecule has 1 aliphatic heterocycles. The van der Waals surface area contributed by atoms with Gasteiger partial charge in [-0.2, -0.15) is 0 Å². The van der Waals surface area contributed by atoms with Gasteiger partial charge in [0, 0.05) is 43.8 Å². The number of carbonyl (C=O) groups excluding carboxylic acids is 1. The summed E-state index contributed by atoms with van der Waals surface area (Å²) >= 11 is 6.08. The molecule has 178 valence electrons. The van der Waals surface area contributed by atoms with Gasteiger partial charge in [0.25, 0.3) is 5.91 Å². The number of rotatable bonds is 7. The summed E-state index contributed by atoms with van der Waals surface area (Å²) in [6, 6.07) is 18.9. The summed E-state index contributed by atoms with van der Waals surface area (Å²) < 4.78 is 33.6. The van der Waals surface area contributed by atoms with Crippen molar-refractivity contribution in [3.8, 4) is 0 Å². The molecule has 0 bridgehead atoms. The molecular weight excluding hydrogens is 458 g/mol. The Bertz CT molecular complexity index is 1130. The highest BCUT2D eigenvalue weighted by molar-refractivity contribution is 6.30. The van der Waals surface area contributed by atoms with E-state index in [1.807, 2.05) is 36.4 Å². The number of piperazine rings is 1. The van der Waals surface area contributed by atoms with E-state index in [4.69, 9.17) is 16.3 Å². The zero-order valence-electron chi connectivity index (χ0n) is 19.0. The fourth-order valence-corrected chi connectivity index (χ4v) is 4.26. The maximum Gasteiger partial charge on any atom is 0.256 e. The lowest BCUT2D eigenvalue weighted by Crippen LogP contribution is -2.49. The molecule has 4 nitrogen and oxygen atoms in total. The predicted molar refractivity (Wildman–Crippen MR) is 129 cm³/mol. The normalized spacial score (nSPS) is 15.4. The van der Waals surface area contributed by atoms with Crippen LogP contribution in [0.3, 0.4) is 0 Å². The van der Waals surface area contributed by atoms with Gasteiger partial charge in [-0.15, -0.1) is 0 Å². The number of halogens is 3. The van der Waals surface area contributed by atoms with Crippen molar-refractivity contribution < 1.29 is 18.3 Å². The van der Waals surface area contributed by atoms with E-state index in [0.717, 1.165) is 23.3 Å². The molecule has 1 heterocycles. The molecule has 1 atom stereocenters. The van der Waals surface area contributed by atoms with E-state index >= 15 is 0 Å². The highest BCUT2D eigenvalue weighted by Gasteiger charge is 2.26. The first-order valence-corrected chi connectivity index (χ1v) is 11.7. The summed E-state index contributed by atoms with van der Waals surface area (Å²) in [5.41, 5.74) is 3.22. The first kappa shape index (κ1) is 24.3. The minimum atomic E-state index is -0.834. The average Bonchev–Trinajstić information content (AvgIpc) is 2.82. The Kier molecular flexibility index (Phi) is 7.93. The van der Waals surface area contributed by atoms with Crippen molar-refractivity contribution in [1.29, 1.82) is 0 Å². The van der Waals surface area contributed by atoms with Crippen LogP contribution >= 0.6 is 11.6 Å². The Morgan fingerprint density at radius 1 is 1.00 bits per heavy atom. The SMILES string of the molecule is Cc1cccc(CO[C@@H](CN2CCN(C(=O)c3ccc(F)cc3F)CC2)c2ccc(Cl)cc2)c1. The van der Waals surface area contributed by atoms with E-state index in [1.54, 1.807) is 4.90 Å². The Hall–Kier alpha value is -2.80. The molecule has 0 saturated carbocycles. The largest absolute Gasteiger partial charge is 0.368 e. The standard InChI is InChI=1S/C27H27ClF2N2O2/c1-19-3-2-4-20(15-19)18-34-26(21-5-7-22(28)8-6-21)17-31-11-13-32(14-12-31)27(33)24-10-9-23(29)16-25(24)30/h2-10,15-16,26H,11-14,17-18H2,1H3/t26-/m0/s1. The maximum atomic E-state index is 14.0. The van der Waals surface area contributed by atoms with Gasteiger partial charge in [-0.25, -0.2) is 8.78 Å². The number of hydrogen-bond acceptors (Lipinski definition) is 3. The lowest BCUT2D eigenvalue weighted by molar-refractivity contribution is 0.00337. The van der Waals surface area contributed by atoms with Gasteiger partial charge in [0.05, 0.1) is 18.3 Å². The van der Waals surface area contributed by atoms with Gasteiger partial charge in [0.1, 0.15) is 11.6 Å². The molecule has 1 fully saturated rings. The summed E-state index contributed by atoms with van der Waals surface area (Å²) in [4.78, 5) is 16.6. The number of ether oxygens (including phenoxy) is 1. The van der Waals surface area contributed by atoms with Crippen molar-refractivity contribution in [2.75, 3.05) is 32.7 Å². The molecule has 0 N–H and O–H groups in total. The number of benzene rings is 3. The van der Waals surface area contributed by atoms with Gasteiger partial charge >= 0.3 is 0 Å². The van der Waals surface area contributed by atoms with Crippen LogP contribution < -0.4 is 0 Å². The predicted octanol–water partition coefficient (Wildman–Crippen LogP) is 5.64. The van der Waals surface area contributed by atoms with Crippen LogP contribution in [0.1, 0.15) is 33.2 Å². The second-order valence-electron chi connectivity index (χ2n) is 8.56. The van der Waals surface area contributed by atoms with Crippen molar-refractivity contribution in [2.45, 2.75) is 19.6 Å². The van der Waals surface area contributed by atoms with E-state index in [9.17, 15) is 13.6 Å². The van der Waals surface area contributed by atoms with E-state index in [0.29, 0.717) is 44.4 Å². The van der Waals surface area contributed by atoms with E-state index in [2.05, 4.69) is 24.0 Å². The molecule has 4 rings (SSSR count). The van der Waals surface area contributed by atoms with Crippen LogP contribution in [0.2, 0.25) is 5.02 Å². The Balaban J connectivity index is 1.39. The highest BCUT2D eigenvalue weighted by Crippen LogP contribution is 2.24. The molecule has 34 heavy (non-hydrogen) atoms. The van der Waals surface area contributed by atoms with Crippen molar-refractivity contribution in [2.24, 2.45) is 0 Å². The quantitative estimate of drug-likeness (QED) is 0.435. The summed E-state index contributed by atoms with van der Waals surface area (Å²) in [6.07, 6.45) is -0.172. The fourth-order valence-electron chi connectivity index (χ4n) is 4.13. The van der Waals surface area contributed by atoms with Gasteiger partial charge < -0.3 is 9.64 Å². The molecule has 3 aromatic carbocycles. The van der Waals surface area contributed by atoms with E-state index in [1.165, 1.54) is 11.6 Å². The number of hydrogen-bond donors (Lipinski definition) is 0. The molecule has 0 radical (unpaired) electrons. The Morgan fingerprint density at radius 2 is 1.74 bits per heavy atom. The molecule has 7 heteroatoms. The van der Waals surface area contributed by atoms with Crippen LogP contribution in [0.4, 0.5) is 8.78 Å². The first-order chi connectivity index (χ1) is 16.4. The Morgan fingerprint density at radius 3 is 2.41 bits per heavy atom. The minimum Gasteiger partial charge on any atom is -0.368 e. The molecule has 1 amide bonds. The van der Waals surface area contributed by atoms with Gasteiger partial charge in [-0.05, 0) is 42.3 Å². The topological polar surface area (TPSA) is 32.8 Å². The third-order valence-electron chi connectivity index (χ3n) is 6.02. The summed E-state index contributed by atoms with van der Waals surface area (Å²) in [5, 5.41) is 0.668. The molecule has 0 spiro atoms. The minimum absolute atomic E-state index is 0.102. The highest BCUT2D eigenvalue weighted by atomic mass is 35.5. The number of aryl methyl sites for hydroxylation is 1. The van der Waals surface area contributed by atoms with E-state index in [-0.39, 0.29) is 11.7 Å². The first-order valence-electron chi connectivity index (χ1n) is 11.3. The van der Waals surface area contributed by atoms with Gasteiger partial charge in [-0.1, -0.05) is 53.6 Å². The van der Waals surface area contributed by atoms with Gasteiger partial charge in [-0.3, -0.25) is 9.69 Å². The molecule has 0 aliphatic carbocycles. The third-order valence-corrected chi connectivity index (χ3v) is 6.27. The maximum absolute atomic E-state index is 14.0. The van der Waals surface area contributed by atoms with Crippen LogP contribution in [0.25, 0.3) is 0 Å². The van der Waals surface area contributed by atoms with Gasteiger partial charge in [0.2, 0.25) is 0 Å². The second kappa shape index (κ2) is 11.1. The van der Waals surface area contributed by atoms with Crippen molar-refractivity contribution in [3.63, 3.8) is 0 Å². The fraction of sp³-hybridized carbons (Fsp3) is 0.296. The summed E-state index contributed by atoms with van der Waals surface area (Å²) in [6.45, 7) is 5.37. The van der Waals surface area contributed by atoms with Crippen molar-refractivity contribution >= 4 is 17.5 Å². The van der Waals surface area contributed by atoms with Crippen LogP contribution in [0, 0.1) is 18.6 Å². The summed E-state index contributed by atoms with van der Waals surface area (Å²) in [7, 11) is 0. The van der Waals surface area contributed by atoms with Crippen LogP contribution in [0.15, 0.2) is 66.7 Å². The zero-order chi connectivity index (χ0) is 24.1. The van der Waals surface area contributed by atoms with E-state index < -0.39 is 17.5 Å². The second-order valence-corrected chi connectivity index (χ2v) is 8.99. The monoisotopic (exact) mass is 484 g/mol. The van der Waals surface area contributed by atoms with Crippen LogP contribution in [0.5, 0.6) is 0 Å². The molecular formula is C27H27ClF2N2O2. The van der Waals surface area contributed by atoms with Gasteiger partial charge in [0.15, 0.2) is 0 Å². The molecule has 1 aliphatic rings. The molecule has 0 unspecified atom stereocenters. The Labute approximate surface area is 203 Å².